The molecule has 1 saturated heterocycles. The Morgan fingerprint density at radius 3 is 2.91 bits per heavy atom. The van der Waals surface area contributed by atoms with Crippen LogP contribution in [0.15, 0.2) is 42.6 Å². The van der Waals surface area contributed by atoms with Crippen LogP contribution < -0.4 is 5.32 Å². The van der Waals surface area contributed by atoms with Gasteiger partial charge in [-0.2, -0.15) is 10.2 Å². The number of fused-ring (bicyclic) bond motifs is 4. The minimum Gasteiger partial charge on any atom is -0.296 e. The maximum Gasteiger partial charge on any atom is 0.187 e. The van der Waals surface area contributed by atoms with Crippen molar-refractivity contribution in [2.45, 2.75) is 36.2 Å². The highest BCUT2D eigenvalue weighted by Crippen LogP contribution is 2.46. The SMILES string of the molecule is O=C(c1ccccc1)C12CCCC(N1)C(Cl)c1nnccc12. The fourth-order valence-corrected chi connectivity index (χ4v) is 4.07. The molecule has 3 atom stereocenters. The molecule has 22 heavy (non-hydrogen) atoms. The number of nitrogens with zero attached hydrogens (tertiary/aromatic N) is 2. The van der Waals surface area contributed by atoms with Gasteiger partial charge in [0.15, 0.2) is 5.78 Å². The molecule has 4 rings (SSSR count). The van der Waals surface area contributed by atoms with Gasteiger partial charge in [0.25, 0.3) is 0 Å². The van der Waals surface area contributed by atoms with Crippen LogP contribution in [0.3, 0.4) is 0 Å². The molecule has 1 aromatic carbocycles. The number of piperidine rings is 1. The van der Waals surface area contributed by atoms with Crippen LogP contribution in [0.4, 0.5) is 0 Å². The number of hydrogen-bond acceptors (Lipinski definition) is 4. The Balaban J connectivity index is 1.89. The summed E-state index contributed by atoms with van der Waals surface area (Å²) in [6, 6.07) is 11.4. The number of nitrogens with one attached hydrogen (secondary N) is 1. The van der Waals surface area contributed by atoms with Crippen molar-refractivity contribution >= 4 is 17.4 Å². The number of ketones is 1. The lowest BCUT2D eigenvalue weighted by atomic mass is 9.70. The lowest BCUT2D eigenvalue weighted by Gasteiger charge is -2.47. The molecule has 5 heteroatoms. The van der Waals surface area contributed by atoms with Crippen molar-refractivity contribution in [2.75, 3.05) is 0 Å². The molecule has 2 aliphatic rings. The van der Waals surface area contributed by atoms with E-state index in [4.69, 9.17) is 11.6 Å². The first-order valence-electron chi connectivity index (χ1n) is 7.56. The zero-order valence-electron chi connectivity index (χ0n) is 12.0. The summed E-state index contributed by atoms with van der Waals surface area (Å²) in [5, 5.41) is 11.5. The second-order valence-electron chi connectivity index (χ2n) is 5.98. The Hall–Kier alpha value is -1.78. The van der Waals surface area contributed by atoms with Crippen molar-refractivity contribution in [3.63, 3.8) is 0 Å². The third-order valence-corrected chi connectivity index (χ3v) is 5.26. The molecule has 0 saturated carbocycles. The van der Waals surface area contributed by atoms with E-state index >= 15 is 0 Å². The van der Waals surface area contributed by atoms with E-state index in [0.717, 1.165) is 30.5 Å². The first kappa shape index (κ1) is 13.9. The summed E-state index contributed by atoms with van der Waals surface area (Å²) in [6.07, 6.45) is 4.33. The topological polar surface area (TPSA) is 54.9 Å². The second-order valence-corrected chi connectivity index (χ2v) is 6.45. The van der Waals surface area contributed by atoms with Gasteiger partial charge in [0, 0.05) is 23.4 Å². The predicted octanol–water partition coefficient (Wildman–Crippen LogP) is 2.99. The number of aromatic nitrogens is 2. The van der Waals surface area contributed by atoms with Crippen molar-refractivity contribution in [3.8, 4) is 0 Å². The van der Waals surface area contributed by atoms with Gasteiger partial charge in [0.1, 0.15) is 5.54 Å². The lowest BCUT2D eigenvalue weighted by Crippen LogP contribution is -2.60. The maximum absolute atomic E-state index is 13.2. The Bertz CT molecular complexity index is 721. The van der Waals surface area contributed by atoms with Gasteiger partial charge in [-0.25, -0.2) is 0 Å². The van der Waals surface area contributed by atoms with E-state index in [-0.39, 0.29) is 17.2 Å². The molecule has 0 spiro atoms. The summed E-state index contributed by atoms with van der Waals surface area (Å²) in [7, 11) is 0. The molecule has 3 unspecified atom stereocenters. The molecule has 0 aliphatic carbocycles. The number of alkyl halides is 1. The van der Waals surface area contributed by atoms with E-state index in [2.05, 4.69) is 15.5 Å². The van der Waals surface area contributed by atoms with Crippen molar-refractivity contribution in [1.82, 2.24) is 15.5 Å². The average Bonchev–Trinajstić information content (AvgIpc) is 2.60. The molecule has 2 aromatic rings. The van der Waals surface area contributed by atoms with Crippen molar-refractivity contribution in [3.05, 3.63) is 59.4 Å². The standard InChI is InChI=1S/C17H16ClN3O/c18-14-13-7-4-9-17(20-13,12-8-10-19-21-15(12)14)16(22)11-5-2-1-3-6-11/h1-3,5-6,8,10,13-14,20H,4,7,9H2. The molecule has 2 aliphatic heterocycles. The first-order chi connectivity index (χ1) is 10.7. The number of benzene rings is 1. The van der Waals surface area contributed by atoms with E-state index < -0.39 is 5.54 Å². The summed E-state index contributed by atoms with van der Waals surface area (Å²) < 4.78 is 0. The highest BCUT2D eigenvalue weighted by molar-refractivity contribution is 6.21. The van der Waals surface area contributed by atoms with Crippen molar-refractivity contribution in [1.29, 1.82) is 0 Å². The first-order valence-corrected chi connectivity index (χ1v) is 8.00. The van der Waals surface area contributed by atoms with E-state index in [1.165, 1.54) is 0 Å². The van der Waals surface area contributed by atoms with Crippen LogP contribution in [-0.2, 0) is 5.54 Å². The molecule has 1 N–H and O–H groups in total. The van der Waals surface area contributed by atoms with E-state index in [1.54, 1.807) is 6.20 Å². The van der Waals surface area contributed by atoms with Crippen molar-refractivity contribution < 1.29 is 4.79 Å². The van der Waals surface area contributed by atoms with Gasteiger partial charge in [-0.3, -0.25) is 10.1 Å². The summed E-state index contributed by atoms with van der Waals surface area (Å²) >= 11 is 6.55. The Labute approximate surface area is 133 Å². The second kappa shape index (κ2) is 5.14. The van der Waals surface area contributed by atoms with Crippen LogP contribution in [0.5, 0.6) is 0 Å². The number of carbonyl (C=O) groups excluding carboxylic acids is 1. The highest BCUT2D eigenvalue weighted by atomic mass is 35.5. The van der Waals surface area contributed by atoms with Crippen molar-refractivity contribution in [2.24, 2.45) is 0 Å². The van der Waals surface area contributed by atoms with E-state index in [9.17, 15) is 4.79 Å². The molecule has 0 amide bonds. The average molecular weight is 314 g/mol. The van der Waals surface area contributed by atoms with E-state index in [1.807, 2.05) is 36.4 Å². The van der Waals surface area contributed by atoms with Gasteiger partial charge in [0.05, 0.1) is 11.1 Å². The quantitative estimate of drug-likeness (QED) is 0.684. The smallest absolute Gasteiger partial charge is 0.187 e. The maximum atomic E-state index is 13.2. The summed E-state index contributed by atoms with van der Waals surface area (Å²) in [6.45, 7) is 0. The number of carbonyl (C=O) groups is 1. The molecule has 1 aromatic heterocycles. The molecule has 3 heterocycles. The van der Waals surface area contributed by atoms with Gasteiger partial charge < -0.3 is 0 Å². The highest BCUT2D eigenvalue weighted by Gasteiger charge is 2.51. The summed E-state index contributed by atoms with van der Waals surface area (Å²) in [4.78, 5) is 13.2. The van der Waals surface area contributed by atoms with Crippen LogP contribution in [0.25, 0.3) is 0 Å². The lowest BCUT2D eigenvalue weighted by molar-refractivity contribution is 0.0745. The van der Waals surface area contributed by atoms with Crippen LogP contribution in [0.2, 0.25) is 0 Å². The van der Waals surface area contributed by atoms with Gasteiger partial charge in [-0.1, -0.05) is 30.3 Å². The number of rotatable bonds is 2. The minimum atomic E-state index is -0.721. The normalized spacial score (nSPS) is 29.7. The van der Waals surface area contributed by atoms with Crippen LogP contribution >= 0.6 is 11.6 Å². The van der Waals surface area contributed by atoms with Gasteiger partial charge in [-0.05, 0) is 25.3 Å². The summed E-state index contributed by atoms with van der Waals surface area (Å²) in [5.74, 6) is 0.0932. The van der Waals surface area contributed by atoms with Gasteiger partial charge in [-0.15, -0.1) is 11.6 Å². The molecule has 0 radical (unpaired) electrons. The zero-order valence-corrected chi connectivity index (χ0v) is 12.8. The van der Waals surface area contributed by atoms with Gasteiger partial charge in [0.2, 0.25) is 0 Å². The fraction of sp³-hybridized carbons (Fsp3) is 0.353. The Kier molecular flexibility index (Phi) is 3.24. The number of hydrogen-bond donors (Lipinski definition) is 1. The molecule has 1 fully saturated rings. The van der Waals surface area contributed by atoms with Crippen LogP contribution in [-0.4, -0.2) is 22.0 Å². The van der Waals surface area contributed by atoms with Crippen LogP contribution in [0, 0.1) is 0 Å². The monoisotopic (exact) mass is 313 g/mol. The van der Waals surface area contributed by atoms with E-state index in [0.29, 0.717) is 5.56 Å². The molecular weight excluding hydrogens is 298 g/mol. The third-order valence-electron chi connectivity index (χ3n) is 4.75. The zero-order chi connectivity index (χ0) is 15.2. The molecule has 4 nitrogen and oxygen atoms in total. The molecule has 112 valence electrons. The Morgan fingerprint density at radius 1 is 1.27 bits per heavy atom. The third kappa shape index (κ3) is 1.91. The van der Waals surface area contributed by atoms with Gasteiger partial charge >= 0.3 is 0 Å². The molecule has 2 bridgehead atoms. The fourth-order valence-electron chi connectivity index (χ4n) is 3.72. The minimum absolute atomic E-state index is 0.0623. The van der Waals surface area contributed by atoms with Crippen LogP contribution in [0.1, 0.15) is 46.3 Å². The molecular formula is C17H16ClN3O. The largest absolute Gasteiger partial charge is 0.296 e. The number of Topliss-reactive ketones (excluding diaryl/α,β-unsaturated/α-hetero) is 1. The summed E-state index contributed by atoms with van der Waals surface area (Å²) in [5.41, 5.74) is 1.62. The number of halogens is 1. The predicted molar refractivity (Wildman–Crippen MR) is 83.9 cm³/mol. The Morgan fingerprint density at radius 2 is 2.09 bits per heavy atom.